The van der Waals surface area contributed by atoms with Gasteiger partial charge in [0.1, 0.15) is 5.75 Å². The number of carbonyl (C=O) groups is 2. The molecule has 0 heterocycles. The predicted molar refractivity (Wildman–Crippen MR) is 64.1 cm³/mol. The summed E-state index contributed by atoms with van der Waals surface area (Å²) in [6, 6.07) is 6.53. The van der Waals surface area contributed by atoms with Gasteiger partial charge in [-0.05, 0) is 12.1 Å². The number of amides is 1. The van der Waals surface area contributed by atoms with E-state index in [1.165, 1.54) is 0 Å². The minimum atomic E-state index is -1.11. The van der Waals surface area contributed by atoms with Crippen LogP contribution in [0.2, 0.25) is 0 Å². The zero-order chi connectivity index (χ0) is 13.5. The summed E-state index contributed by atoms with van der Waals surface area (Å²) in [5.41, 5.74) is 5.75. The summed E-state index contributed by atoms with van der Waals surface area (Å²) in [6.45, 7) is -0.495. The Hall–Kier alpha value is -2.57. The van der Waals surface area contributed by atoms with Crippen LogP contribution < -0.4 is 16.3 Å². The molecule has 1 aromatic rings. The van der Waals surface area contributed by atoms with Crippen molar-refractivity contribution in [1.29, 1.82) is 0 Å². The average Bonchev–Trinajstić information content (AvgIpc) is 2.33. The average molecular weight is 251 g/mol. The van der Waals surface area contributed by atoms with Crippen LogP contribution in [0.1, 0.15) is 12.0 Å². The Morgan fingerprint density at radius 2 is 2.00 bits per heavy atom. The first-order valence-corrected chi connectivity index (χ1v) is 5.03. The minimum Gasteiger partial charge on any atom is -0.481 e. The highest BCUT2D eigenvalue weighted by molar-refractivity contribution is 6.11. The molecule has 18 heavy (non-hydrogen) atoms. The number of aliphatic carboxylic acids is 1. The molecule has 0 radical (unpaired) electrons. The SMILES string of the molecule is N/N=C(/CC(N)=O)c1ccccc1OCC(=O)O. The van der Waals surface area contributed by atoms with Gasteiger partial charge in [0.25, 0.3) is 0 Å². The Bertz CT molecular complexity index is 485. The van der Waals surface area contributed by atoms with Gasteiger partial charge in [-0.3, -0.25) is 4.79 Å². The van der Waals surface area contributed by atoms with Crippen LogP contribution in [-0.2, 0) is 9.59 Å². The summed E-state index contributed by atoms with van der Waals surface area (Å²) in [6.07, 6.45) is -0.149. The summed E-state index contributed by atoms with van der Waals surface area (Å²) in [5, 5.41) is 12.0. The molecule has 0 aliphatic carbocycles. The highest BCUT2D eigenvalue weighted by Crippen LogP contribution is 2.19. The van der Waals surface area contributed by atoms with Gasteiger partial charge in [-0.1, -0.05) is 12.1 Å². The van der Waals surface area contributed by atoms with Gasteiger partial charge in [0, 0.05) is 5.56 Å². The predicted octanol–water partition coefficient (Wildman–Crippen LogP) is -0.312. The Morgan fingerprint density at radius 3 is 2.56 bits per heavy atom. The molecule has 0 fully saturated rings. The van der Waals surface area contributed by atoms with E-state index in [1.807, 2.05) is 0 Å². The fourth-order valence-corrected chi connectivity index (χ4v) is 1.35. The molecule has 0 aliphatic rings. The lowest BCUT2D eigenvalue weighted by molar-refractivity contribution is -0.139. The normalized spacial score (nSPS) is 11.0. The first-order valence-electron chi connectivity index (χ1n) is 5.03. The minimum absolute atomic E-state index is 0.149. The van der Waals surface area contributed by atoms with Gasteiger partial charge >= 0.3 is 5.97 Å². The fourth-order valence-electron chi connectivity index (χ4n) is 1.35. The van der Waals surface area contributed by atoms with Crippen molar-refractivity contribution in [2.75, 3.05) is 6.61 Å². The molecular weight excluding hydrogens is 238 g/mol. The zero-order valence-electron chi connectivity index (χ0n) is 9.50. The third kappa shape index (κ3) is 3.78. The number of para-hydroxylation sites is 1. The molecule has 96 valence electrons. The van der Waals surface area contributed by atoms with E-state index in [9.17, 15) is 9.59 Å². The van der Waals surface area contributed by atoms with Gasteiger partial charge in [0.2, 0.25) is 5.91 Å². The Morgan fingerprint density at radius 1 is 1.33 bits per heavy atom. The molecule has 7 heteroatoms. The van der Waals surface area contributed by atoms with Gasteiger partial charge in [0.15, 0.2) is 6.61 Å². The van der Waals surface area contributed by atoms with Crippen LogP contribution in [0.15, 0.2) is 29.4 Å². The van der Waals surface area contributed by atoms with Gasteiger partial charge in [-0.2, -0.15) is 5.10 Å². The van der Waals surface area contributed by atoms with Crippen LogP contribution >= 0.6 is 0 Å². The second-order valence-corrected chi connectivity index (χ2v) is 3.40. The molecule has 5 N–H and O–H groups in total. The number of nitrogens with zero attached hydrogens (tertiary/aromatic N) is 1. The number of hydrazone groups is 1. The number of primary amides is 1. The summed E-state index contributed by atoms with van der Waals surface area (Å²) >= 11 is 0. The third-order valence-electron chi connectivity index (χ3n) is 2.05. The molecule has 1 amide bonds. The molecule has 7 nitrogen and oxygen atoms in total. The molecule has 0 unspecified atom stereocenters. The molecule has 0 atom stereocenters. The smallest absolute Gasteiger partial charge is 0.341 e. The maximum absolute atomic E-state index is 10.9. The molecule has 1 rings (SSSR count). The number of ether oxygens (including phenoxy) is 1. The molecule has 0 bridgehead atoms. The Kier molecular flexibility index (Phi) is 4.67. The van der Waals surface area contributed by atoms with Crippen molar-refractivity contribution in [1.82, 2.24) is 0 Å². The maximum atomic E-state index is 10.9. The van der Waals surface area contributed by atoms with Crippen molar-refractivity contribution >= 4 is 17.6 Å². The number of carbonyl (C=O) groups excluding carboxylic acids is 1. The summed E-state index contributed by atoms with van der Waals surface area (Å²) in [7, 11) is 0. The maximum Gasteiger partial charge on any atom is 0.341 e. The van der Waals surface area contributed by atoms with Crippen molar-refractivity contribution in [2.24, 2.45) is 16.7 Å². The Labute approximate surface area is 103 Å². The summed E-state index contributed by atoms with van der Waals surface area (Å²) < 4.78 is 5.07. The lowest BCUT2D eigenvalue weighted by Crippen LogP contribution is -2.19. The van der Waals surface area contributed by atoms with Crippen LogP contribution in [0.4, 0.5) is 0 Å². The number of rotatable bonds is 6. The van der Waals surface area contributed by atoms with Gasteiger partial charge in [-0.15, -0.1) is 0 Å². The van der Waals surface area contributed by atoms with Crippen molar-refractivity contribution < 1.29 is 19.4 Å². The zero-order valence-corrected chi connectivity index (χ0v) is 9.50. The van der Waals surface area contributed by atoms with E-state index < -0.39 is 18.5 Å². The first kappa shape index (κ1) is 13.5. The van der Waals surface area contributed by atoms with Crippen LogP contribution in [0.5, 0.6) is 5.75 Å². The van der Waals surface area contributed by atoms with E-state index in [0.29, 0.717) is 5.56 Å². The van der Waals surface area contributed by atoms with Crippen LogP contribution in [0.3, 0.4) is 0 Å². The fraction of sp³-hybridized carbons (Fsp3) is 0.182. The first-order chi connectivity index (χ1) is 8.54. The lowest BCUT2D eigenvalue weighted by atomic mass is 10.1. The van der Waals surface area contributed by atoms with Crippen molar-refractivity contribution in [2.45, 2.75) is 6.42 Å². The lowest BCUT2D eigenvalue weighted by Gasteiger charge is -2.10. The highest BCUT2D eigenvalue weighted by atomic mass is 16.5. The van der Waals surface area contributed by atoms with Crippen LogP contribution in [0.25, 0.3) is 0 Å². The number of nitrogens with two attached hydrogens (primary N) is 2. The number of benzene rings is 1. The molecule has 0 aliphatic heterocycles. The largest absolute Gasteiger partial charge is 0.481 e. The molecular formula is C11H13N3O4. The monoisotopic (exact) mass is 251 g/mol. The van der Waals surface area contributed by atoms with Crippen molar-refractivity contribution in [3.8, 4) is 5.75 Å². The van der Waals surface area contributed by atoms with E-state index in [0.717, 1.165) is 0 Å². The van der Waals surface area contributed by atoms with E-state index in [2.05, 4.69) is 5.10 Å². The van der Waals surface area contributed by atoms with E-state index >= 15 is 0 Å². The Balaban J connectivity index is 2.99. The van der Waals surface area contributed by atoms with E-state index in [1.54, 1.807) is 24.3 Å². The quantitative estimate of drug-likeness (QED) is 0.363. The molecule has 1 aromatic carbocycles. The van der Waals surface area contributed by atoms with E-state index in [-0.39, 0.29) is 17.9 Å². The number of hydrogen-bond acceptors (Lipinski definition) is 5. The topological polar surface area (TPSA) is 128 Å². The molecule has 0 aromatic heterocycles. The summed E-state index contributed by atoms with van der Waals surface area (Å²) in [4.78, 5) is 21.3. The number of hydrogen-bond donors (Lipinski definition) is 3. The van der Waals surface area contributed by atoms with Crippen LogP contribution in [0, 0.1) is 0 Å². The number of carboxylic acid groups (broad SMARTS) is 1. The van der Waals surface area contributed by atoms with Crippen molar-refractivity contribution in [3.05, 3.63) is 29.8 Å². The van der Waals surface area contributed by atoms with E-state index in [4.69, 9.17) is 21.4 Å². The standard InChI is InChI=1S/C11H13N3O4/c12-10(15)5-8(14-13)7-3-1-2-4-9(7)18-6-11(16)17/h1-4H,5-6,13H2,(H2,12,15)(H,16,17)/b14-8-. The van der Waals surface area contributed by atoms with Crippen molar-refractivity contribution in [3.63, 3.8) is 0 Å². The van der Waals surface area contributed by atoms with Gasteiger partial charge < -0.3 is 21.4 Å². The third-order valence-corrected chi connectivity index (χ3v) is 2.05. The second-order valence-electron chi connectivity index (χ2n) is 3.40. The highest BCUT2D eigenvalue weighted by Gasteiger charge is 2.13. The van der Waals surface area contributed by atoms with Gasteiger partial charge in [0.05, 0.1) is 12.1 Å². The number of carboxylic acids is 1. The molecule has 0 spiro atoms. The summed E-state index contributed by atoms with van der Waals surface area (Å²) in [5.74, 6) is 3.77. The van der Waals surface area contributed by atoms with Crippen LogP contribution in [-0.4, -0.2) is 29.3 Å². The molecule has 0 saturated carbocycles. The molecule has 0 saturated heterocycles. The van der Waals surface area contributed by atoms with Gasteiger partial charge in [-0.25, -0.2) is 4.79 Å². The second kappa shape index (κ2) is 6.24.